The highest BCUT2D eigenvalue weighted by Crippen LogP contribution is 2.40. The summed E-state index contributed by atoms with van der Waals surface area (Å²) in [5.74, 6) is -6.46. The number of nitrogens with one attached hydrogen (secondary N) is 4. The molecule has 0 radical (unpaired) electrons. The molecule has 75 heavy (non-hydrogen) atoms. The molecule has 3 atom stereocenters. The number of nitrogens with zero attached hydrogens (tertiary/aromatic N) is 3. The minimum atomic E-state index is -2.06. The van der Waals surface area contributed by atoms with Crippen molar-refractivity contribution in [3.63, 3.8) is 0 Å². The van der Waals surface area contributed by atoms with Crippen LogP contribution in [0.15, 0.2) is 35.1 Å². The number of ether oxygens (including phenoxy) is 4. The summed E-state index contributed by atoms with van der Waals surface area (Å²) in [4.78, 5) is 132. The van der Waals surface area contributed by atoms with Gasteiger partial charge < -0.3 is 55.6 Å². The van der Waals surface area contributed by atoms with E-state index in [2.05, 4.69) is 21.3 Å². The van der Waals surface area contributed by atoms with E-state index in [9.17, 15) is 57.4 Å². The van der Waals surface area contributed by atoms with Crippen molar-refractivity contribution in [1.29, 1.82) is 0 Å². The van der Waals surface area contributed by atoms with Crippen molar-refractivity contribution in [2.45, 2.75) is 104 Å². The number of aryl methyl sites for hydroxylation is 1. The fourth-order valence-corrected chi connectivity index (χ4v) is 8.92. The number of nitrogens with two attached hydrogens (primary N) is 1. The first kappa shape index (κ1) is 57.0. The highest BCUT2D eigenvalue weighted by Gasteiger charge is 2.45. The highest BCUT2D eigenvalue weighted by molar-refractivity contribution is 6.13. The van der Waals surface area contributed by atoms with E-state index in [1.54, 1.807) is 19.9 Å². The number of esters is 1. The van der Waals surface area contributed by atoms with Gasteiger partial charge in [-0.2, -0.15) is 0 Å². The van der Waals surface area contributed by atoms with Gasteiger partial charge >= 0.3 is 5.97 Å². The molecule has 7 amide bonds. The number of aromatic nitrogens is 2. The van der Waals surface area contributed by atoms with Gasteiger partial charge in [0, 0.05) is 86.0 Å². The number of hydrogen-bond acceptors (Lipinski definition) is 16. The van der Waals surface area contributed by atoms with Crippen molar-refractivity contribution in [1.82, 2.24) is 35.7 Å². The molecule has 24 heteroatoms. The van der Waals surface area contributed by atoms with Gasteiger partial charge in [0.1, 0.15) is 37.6 Å². The zero-order chi connectivity index (χ0) is 54.6. The highest BCUT2D eigenvalue weighted by atomic mass is 19.1. The molecule has 0 bridgehead atoms. The van der Waals surface area contributed by atoms with E-state index in [0.717, 1.165) is 17.1 Å². The molecule has 23 nitrogen and oxygen atoms in total. The fourth-order valence-electron chi connectivity index (χ4n) is 8.92. The lowest BCUT2D eigenvalue weighted by Crippen LogP contribution is -2.49. The van der Waals surface area contributed by atoms with Gasteiger partial charge in [0.05, 0.1) is 55.4 Å². The Morgan fingerprint density at radius 3 is 2.31 bits per heavy atom. The lowest BCUT2D eigenvalue weighted by atomic mass is 9.86. The van der Waals surface area contributed by atoms with Crippen LogP contribution in [0.3, 0.4) is 0 Å². The van der Waals surface area contributed by atoms with Crippen LogP contribution in [0.2, 0.25) is 0 Å². The van der Waals surface area contributed by atoms with Crippen LogP contribution in [0.4, 0.5) is 4.39 Å². The first-order valence-corrected chi connectivity index (χ1v) is 24.7. The molecule has 2 aromatic heterocycles. The van der Waals surface area contributed by atoms with Crippen LogP contribution < -0.4 is 32.6 Å². The number of hydrogen-bond donors (Lipinski definition) is 6. The number of halogens is 1. The third-order valence-corrected chi connectivity index (χ3v) is 13.0. The second kappa shape index (κ2) is 25.8. The second-order valence-electron chi connectivity index (χ2n) is 18.8. The Balaban J connectivity index is 0.962. The standard InChI is InChI=1S/C51H63FN8O15/c1-5-51(71)36-21-40-46-34(24-60(40)49(69)35(36)25-75-50(51)70)33(32-19-29(4)37(52)22-39(32)57-46)23-55-43(64)26-74-27-56-48(68)38(6-7-41(53)62)58-47(67)30(18-28(2)3)20-31(61)11-14-72-16-17-73-15-12-54-42(63)10-13-59-44(65)8-9-45(59)66/h8-9,19,21-22,28,30,38,71H,5-7,10-18,20,23-27H2,1-4H3,(H2,53,62)(H,54,63)(H,55,64)(H,56,68)(H,58,67)/t30-,38+,51+/m1/s1. The van der Waals surface area contributed by atoms with Gasteiger partial charge in [-0.3, -0.25) is 48.1 Å². The van der Waals surface area contributed by atoms with Gasteiger partial charge in [0.2, 0.25) is 29.5 Å². The Kier molecular flexibility index (Phi) is 19.6. The van der Waals surface area contributed by atoms with Crippen molar-refractivity contribution < 1.29 is 71.6 Å². The van der Waals surface area contributed by atoms with Crippen molar-refractivity contribution >= 4 is 64.0 Å². The quantitative estimate of drug-likeness (QED) is 0.0186. The van der Waals surface area contributed by atoms with Gasteiger partial charge in [0.15, 0.2) is 5.60 Å². The van der Waals surface area contributed by atoms with Gasteiger partial charge in [-0.1, -0.05) is 20.8 Å². The van der Waals surface area contributed by atoms with E-state index < -0.39 is 83.7 Å². The Hall–Kier alpha value is -7.28. The van der Waals surface area contributed by atoms with Crippen molar-refractivity contribution in [2.75, 3.05) is 52.9 Å². The maximum absolute atomic E-state index is 14.9. The average Bonchev–Trinajstić information content (AvgIpc) is 3.90. The number of cyclic esters (lactones) is 1. The number of amides is 7. The van der Waals surface area contributed by atoms with Gasteiger partial charge in [-0.25, -0.2) is 14.2 Å². The zero-order valence-electron chi connectivity index (χ0n) is 42.3. The smallest absolute Gasteiger partial charge is 0.343 e. The van der Waals surface area contributed by atoms with Crippen molar-refractivity contribution in [3.05, 3.63) is 74.3 Å². The minimum absolute atomic E-state index is 0.00454. The molecule has 3 aromatic rings. The monoisotopic (exact) mass is 1050 g/mol. The maximum Gasteiger partial charge on any atom is 0.343 e. The number of rotatable bonds is 29. The number of ketones is 1. The summed E-state index contributed by atoms with van der Waals surface area (Å²) in [5.41, 5.74) is 5.26. The van der Waals surface area contributed by atoms with Crippen molar-refractivity contribution in [3.8, 4) is 11.4 Å². The van der Waals surface area contributed by atoms with E-state index in [1.165, 1.54) is 16.7 Å². The summed E-state index contributed by atoms with van der Waals surface area (Å²) in [7, 11) is 0. The number of carbonyl (C=O) groups excluding carboxylic acids is 9. The lowest BCUT2D eigenvalue weighted by Gasteiger charge is -2.31. The number of pyridine rings is 2. The first-order valence-electron chi connectivity index (χ1n) is 24.7. The molecule has 0 saturated heterocycles. The number of primary amides is 1. The SMILES string of the molecule is CC[C@@]1(O)C(=O)OCc2c1cc1n(c2=O)Cc2c-1nc1cc(F)c(C)cc1c2CNC(=O)COCNC(=O)[C@H](CCC(N)=O)NC(=O)[C@@H](CC(=O)CCOCCOCCNC(=O)CCN1C(=O)C=CC1=O)CC(C)C. The Bertz CT molecular complexity index is 2810. The van der Waals surface area contributed by atoms with Gasteiger partial charge in [-0.15, -0.1) is 0 Å². The first-order chi connectivity index (χ1) is 35.7. The molecule has 6 rings (SSSR count). The summed E-state index contributed by atoms with van der Waals surface area (Å²) in [6.45, 7) is 6.16. The Morgan fingerprint density at radius 2 is 1.61 bits per heavy atom. The van der Waals surface area contributed by atoms with E-state index in [4.69, 9.17) is 29.7 Å². The van der Waals surface area contributed by atoms with Crippen LogP contribution in [0, 0.1) is 24.6 Å². The number of Topliss-reactive ketones (excluding diaryl/α,β-unsaturated/α-hetero) is 1. The van der Waals surface area contributed by atoms with Gasteiger partial charge in [0.25, 0.3) is 17.4 Å². The van der Waals surface area contributed by atoms with Gasteiger partial charge in [-0.05, 0) is 55.4 Å². The Morgan fingerprint density at radius 1 is 0.893 bits per heavy atom. The average molecular weight is 1050 g/mol. The summed E-state index contributed by atoms with van der Waals surface area (Å²) < 4.78 is 38.0. The molecule has 0 aliphatic carbocycles. The topological polar surface area (TPSA) is 323 Å². The number of fused-ring (bicyclic) bond motifs is 5. The molecular weight excluding hydrogens is 984 g/mol. The predicted molar refractivity (Wildman–Crippen MR) is 263 cm³/mol. The van der Waals surface area contributed by atoms with Crippen LogP contribution in [0.5, 0.6) is 0 Å². The number of aliphatic hydroxyl groups is 1. The van der Waals surface area contributed by atoms with Crippen LogP contribution in [0.1, 0.15) is 93.5 Å². The summed E-state index contributed by atoms with van der Waals surface area (Å²) >= 11 is 0. The largest absolute Gasteiger partial charge is 0.458 e. The molecule has 0 unspecified atom stereocenters. The normalized spacial score (nSPS) is 16.3. The third kappa shape index (κ3) is 14.3. The van der Waals surface area contributed by atoms with Crippen LogP contribution in [0.25, 0.3) is 22.3 Å². The van der Waals surface area contributed by atoms with Crippen molar-refractivity contribution in [2.24, 2.45) is 17.6 Å². The molecule has 0 fully saturated rings. The molecule has 5 heterocycles. The fraction of sp³-hybridized carbons (Fsp3) is 0.510. The minimum Gasteiger partial charge on any atom is -0.458 e. The zero-order valence-corrected chi connectivity index (χ0v) is 42.3. The van der Waals surface area contributed by atoms with E-state index in [0.29, 0.717) is 39.9 Å². The predicted octanol–water partition coefficient (Wildman–Crippen LogP) is 0.460. The molecule has 404 valence electrons. The molecule has 3 aliphatic heterocycles. The summed E-state index contributed by atoms with van der Waals surface area (Å²) in [6.07, 6.45) is 1.91. The third-order valence-electron chi connectivity index (χ3n) is 13.0. The molecule has 0 saturated carbocycles. The summed E-state index contributed by atoms with van der Waals surface area (Å²) in [5, 5.41) is 22.3. The Labute approximate surface area is 430 Å². The summed E-state index contributed by atoms with van der Waals surface area (Å²) in [6, 6.07) is 3.10. The van der Waals surface area contributed by atoms with Crippen LogP contribution in [-0.4, -0.2) is 132 Å². The number of imide groups is 1. The molecular formula is C51H63FN8O15. The van der Waals surface area contributed by atoms with Crippen LogP contribution >= 0.6 is 0 Å². The molecule has 1 aromatic carbocycles. The van der Waals surface area contributed by atoms with Crippen LogP contribution in [-0.2, 0) is 87.4 Å². The second-order valence-corrected chi connectivity index (χ2v) is 18.8. The lowest BCUT2D eigenvalue weighted by molar-refractivity contribution is -0.172. The molecule has 3 aliphatic rings. The van der Waals surface area contributed by atoms with E-state index in [1.807, 2.05) is 13.8 Å². The van der Waals surface area contributed by atoms with E-state index >= 15 is 0 Å². The molecule has 7 N–H and O–H groups in total. The maximum atomic E-state index is 14.9. The number of benzene rings is 1. The number of carbonyl (C=O) groups is 9. The molecule has 0 spiro atoms. The van der Waals surface area contributed by atoms with E-state index in [-0.39, 0.29) is 132 Å².